The van der Waals surface area contributed by atoms with Crippen LogP contribution in [0.2, 0.25) is 0 Å². The summed E-state index contributed by atoms with van der Waals surface area (Å²) >= 11 is 0. The third-order valence-electron chi connectivity index (χ3n) is 2.90. The van der Waals surface area contributed by atoms with Crippen LogP contribution < -0.4 is 0 Å². The molecule has 0 fully saturated rings. The average Bonchev–Trinajstić information content (AvgIpc) is 2.29. The molecule has 0 N–H and O–H groups in total. The topological polar surface area (TPSA) is 83.5 Å². The molecule has 0 atom stereocenters. The Morgan fingerprint density at radius 2 is 1.75 bits per heavy atom. The molecule has 7 heteroatoms. The van der Waals surface area contributed by atoms with Gasteiger partial charge in [-0.05, 0) is 19.8 Å². The third-order valence-corrected chi connectivity index (χ3v) is 3.69. The first-order chi connectivity index (χ1) is 9.03. The summed E-state index contributed by atoms with van der Waals surface area (Å²) in [6, 6.07) is 0. The van der Waals surface area contributed by atoms with Gasteiger partial charge in [-0.1, -0.05) is 6.58 Å². The fourth-order valence-electron chi connectivity index (χ4n) is 1.71. The van der Waals surface area contributed by atoms with Crippen LogP contribution >= 0.6 is 0 Å². The van der Waals surface area contributed by atoms with Gasteiger partial charge in [-0.15, -0.1) is 0 Å². The van der Waals surface area contributed by atoms with E-state index in [1.54, 1.807) is 6.92 Å². The zero-order chi connectivity index (χ0) is 15.8. The molecule has 0 bridgehead atoms. The molecule has 0 rings (SSSR count). The number of unbranched alkanes of at least 4 members (excludes halogenated alkanes) is 1. The molecule has 0 aliphatic rings. The SMILES string of the molecule is C=C(C)C(=O)OCCC[N+](C)(C)CCCCS(=O)(=O)[O-]. The Balaban J connectivity index is 3.79. The van der Waals surface area contributed by atoms with Crippen molar-refractivity contribution in [2.45, 2.75) is 26.2 Å². The van der Waals surface area contributed by atoms with Crippen LogP contribution in [-0.2, 0) is 19.6 Å². The zero-order valence-corrected chi connectivity index (χ0v) is 13.4. The Bertz CT molecular complexity index is 428. The standard InChI is InChI=1S/C13H25NO5S/c1-12(2)13(15)19-10-7-9-14(3,4)8-5-6-11-20(16,17)18/h1,5-11H2,2-4H3. The number of ether oxygens (including phenoxy) is 1. The largest absolute Gasteiger partial charge is 0.748 e. The normalized spacial score (nSPS) is 12.2. The second-order valence-electron chi connectivity index (χ2n) is 5.62. The summed E-state index contributed by atoms with van der Waals surface area (Å²) in [6.07, 6.45) is 1.80. The van der Waals surface area contributed by atoms with Crippen LogP contribution in [0.3, 0.4) is 0 Å². The molecule has 0 saturated carbocycles. The van der Waals surface area contributed by atoms with E-state index in [4.69, 9.17) is 4.74 Å². The van der Waals surface area contributed by atoms with Crippen molar-refractivity contribution in [3.63, 3.8) is 0 Å². The van der Waals surface area contributed by atoms with E-state index in [-0.39, 0.29) is 11.7 Å². The second-order valence-corrected chi connectivity index (χ2v) is 7.15. The summed E-state index contributed by atoms with van der Waals surface area (Å²) in [5.74, 6) is -0.681. The van der Waals surface area contributed by atoms with Crippen LogP contribution in [0, 0.1) is 0 Å². The van der Waals surface area contributed by atoms with Crippen molar-refractivity contribution in [1.29, 1.82) is 0 Å². The first kappa shape index (κ1) is 19.1. The summed E-state index contributed by atoms with van der Waals surface area (Å²) < 4.78 is 37.1. The lowest BCUT2D eigenvalue weighted by Crippen LogP contribution is -2.41. The number of quaternary nitrogens is 1. The first-order valence-electron chi connectivity index (χ1n) is 6.62. The van der Waals surface area contributed by atoms with Crippen molar-refractivity contribution in [2.24, 2.45) is 0 Å². The van der Waals surface area contributed by atoms with E-state index >= 15 is 0 Å². The lowest BCUT2D eigenvalue weighted by molar-refractivity contribution is -0.890. The van der Waals surface area contributed by atoms with Crippen molar-refractivity contribution in [3.05, 3.63) is 12.2 Å². The highest BCUT2D eigenvalue weighted by atomic mass is 32.2. The number of esters is 1. The summed E-state index contributed by atoms with van der Waals surface area (Å²) in [5, 5.41) is 0. The molecule has 6 nitrogen and oxygen atoms in total. The maximum absolute atomic E-state index is 11.2. The fraction of sp³-hybridized carbons (Fsp3) is 0.769. The van der Waals surface area contributed by atoms with Gasteiger partial charge in [-0.3, -0.25) is 0 Å². The van der Waals surface area contributed by atoms with Gasteiger partial charge in [0.2, 0.25) is 0 Å². The van der Waals surface area contributed by atoms with Crippen molar-refractivity contribution in [1.82, 2.24) is 0 Å². The van der Waals surface area contributed by atoms with Gasteiger partial charge < -0.3 is 13.8 Å². The van der Waals surface area contributed by atoms with E-state index in [2.05, 4.69) is 6.58 Å². The van der Waals surface area contributed by atoms with Crippen LogP contribution in [0.5, 0.6) is 0 Å². The Morgan fingerprint density at radius 1 is 1.20 bits per heavy atom. The number of rotatable bonds is 10. The van der Waals surface area contributed by atoms with Gasteiger partial charge in [-0.2, -0.15) is 0 Å². The minimum absolute atomic E-state index is 0.302. The highest BCUT2D eigenvalue weighted by Gasteiger charge is 2.14. The number of hydrogen-bond acceptors (Lipinski definition) is 5. The van der Waals surface area contributed by atoms with Crippen molar-refractivity contribution >= 4 is 16.1 Å². The van der Waals surface area contributed by atoms with Gasteiger partial charge in [0, 0.05) is 17.7 Å². The molecular weight excluding hydrogens is 282 g/mol. The van der Waals surface area contributed by atoms with E-state index < -0.39 is 10.1 Å². The molecule has 0 aromatic heterocycles. The second kappa shape index (κ2) is 8.39. The van der Waals surface area contributed by atoms with Crippen LogP contribution in [-0.4, -0.2) is 63.0 Å². The Kier molecular flexibility index (Phi) is 8.00. The minimum atomic E-state index is -4.10. The van der Waals surface area contributed by atoms with Crippen LogP contribution in [0.25, 0.3) is 0 Å². The molecule has 20 heavy (non-hydrogen) atoms. The van der Waals surface area contributed by atoms with E-state index in [1.807, 2.05) is 14.1 Å². The maximum atomic E-state index is 11.2. The van der Waals surface area contributed by atoms with E-state index in [0.29, 0.717) is 29.5 Å². The van der Waals surface area contributed by atoms with E-state index in [0.717, 1.165) is 19.5 Å². The third kappa shape index (κ3) is 11.0. The number of carbonyl (C=O) groups excluding carboxylic acids is 1. The summed E-state index contributed by atoms with van der Waals surface area (Å²) in [5.41, 5.74) is 0.387. The number of nitrogens with zero attached hydrogens (tertiary/aromatic N) is 1. The molecule has 0 spiro atoms. The molecule has 0 amide bonds. The maximum Gasteiger partial charge on any atom is 0.333 e. The Morgan fingerprint density at radius 3 is 2.25 bits per heavy atom. The van der Waals surface area contributed by atoms with Crippen molar-refractivity contribution < 1.29 is 27.0 Å². The lowest BCUT2D eigenvalue weighted by Gasteiger charge is -2.29. The molecule has 0 radical (unpaired) electrons. The first-order valence-corrected chi connectivity index (χ1v) is 8.19. The molecular formula is C13H25NO5S. The van der Waals surface area contributed by atoms with E-state index in [1.165, 1.54) is 0 Å². The lowest BCUT2D eigenvalue weighted by atomic mass is 10.2. The molecule has 0 aromatic carbocycles. The van der Waals surface area contributed by atoms with Crippen molar-refractivity contribution in [2.75, 3.05) is 39.5 Å². The molecule has 0 unspecified atom stereocenters. The number of carbonyl (C=O) groups is 1. The van der Waals surface area contributed by atoms with Gasteiger partial charge in [0.25, 0.3) is 0 Å². The Hall–Kier alpha value is -0.920. The predicted octanol–water partition coefficient (Wildman–Crippen LogP) is 0.898. The highest BCUT2D eigenvalue weighted by molar-refractivity contribution is 7.85. The predicted molar refractivity (Wildman–Crippen MR) is 76.0 cm³/mol. The molecule has 118 valence electrons. The molecule has 0 heterocycles. The Labute approximate surface area is 121 Å². The van der Waals surface area contributed by atoms with Crippen LogP contribution in [0.15, 0.2) is 12.2 Å². The van der Waals surface area contributed by atoms with E-state index in [9.17, 15) is 17.8 Å². The van der Waals surface area contributed by atoms with Gasteiger partial charge in [0.1, 0.15) is 0 Å². The van der Waals surface area contributed by atoms with Gasteiger partial charge in [0.15, 0.2) is 0 Å². The monoisotopic (exact) mass is 307 g/mol. The quantitative estimate of drug-likeness (QED) is 0.197. The number of hydrogen-bond donors (Lipinski definition) is 0. The molecule has 0 aliphatic carbocycles. The highest BCUT2D eigenvalue weighted by Crippen LogP contribution is 2.05. The van der Waals surface area contributed by atoms with Crippen molar-refractivity contribution in [3.8, 4) is 0 Å². The summed E-state index contributed by atoms with van der Waals surface area (Å²) in [6.45, 7) is 7.05. The van der Waals surface area contributed by atoms with Crippen LogP contribution in [0.4, 0.5) is 0 Å². The molecule has 0 aromatic rings. The summed E-state index contributed by atoms with van der Waals surface area (Å²) in [7, 11) is -0.0629. The average molecular weight is 307 g/mol. The minimum Gasteiger partial charge on any atom is -0.748 e. The van der Waals surface area contributed by atoms with Gasteiger partial charge in [-0.25, -0.2) is 13.2 Å². The molecule has 0 saturated heterocycles. The molecule has 0 aliphatic heterocycles. The zero-order valence-electron chi connectivity index (χ0n) is 12.6. The smallest absolute Gasteiger partial charge is 0.333 e. The van der Waals surface area contributed by atoms with Gasteiger partial charge in [0.05, 0.1) is 43.9 Å². The summed E-state index contributed by atoms with van der Waals surface area (Å²) in [4.78, 5) is 11.2. The fourth-order valence-corrected chi connectivity index (χ4v) is 2.27. The van der Waals surface area contributed by atoms with Gasteiger partial charge >= 0.3 is 5.97 Å². The van der Waals surface area contributed by atoms with Crippen LogP contribution in [0.1, 0.15) is 26.2 Å².